The van der Waals surface area contributed by atoms with Gasteiger partial charge in [-0.2, -0.15) is 0 Å². The molecule has 0 aliphatic carbocycles. The van der Waals surface area contributed by atoms with Crippen molar-refractivity contribution < 1.29 is 12.8 Å². The van der Waals surface area contributed by atoms with E-state index in [1.165, 1.54) is 35.9 Å². The largest absolute Gasteiger partial charge is 0.368 e. The fourth-order valence-corrected chi connectivity index (χ4v) is 5.35. The monoisotopic (exact) mass is 522 g/mol. The lowest BCUT2D eigenvalue weighted by Gasteiger charge is -2.13. The molecular formula is C22H24ClFN6O2S2. The average Bonchev–Trinajstić information content (AvgIpc) is 3.36. The van der Waals surface area contributed by atoms with E-state index in [0.29, 0.717) is 16.3 Å². The first-order valence-electron chi connectivity index (χ1n) is 9.99. The molecule has 34 heavy (non-hydrogen) atoms. The van der Waals surface area contributed by atoms with Gasteiger partial charge in [0.15, 0.2) is 5.82 Å². The van der Waals surface area contributed by atoms with E-state index in [0.717, 1.165) is 5.01 Å². The number of hydrogen-bond donors (Lipinski definition) is 2. The van der Waals surface area contributed by atoms with Crippen LogP contribution in [0.5, 0.6) is 0 Å². The van der Waals surface area contributed by atoms with E-state index in [1.54, 1.807) is 36.0 Å². The van der Waals surface area contributed by atoms with Gasteiger partial charge in [-0.15, -0.1) is 23.7 Å². The number of benzene rings is 1. The van der Waals surface area contributed by atoms with Crippen molar-refractivity contribution in [2.24, 2.45) is 7.05 Å². The zero-order valence-corrected chi connectivity index (χ0v) is 21.4. The molecule has 0 atom stereocenters. The van der Waals surface area contributed by atoms with Crippen LogP contribution in [0.15, 0.2) is 53.8 Å². The van der Waals surface area contributed by atoms with Crippen LogP contribution in [0.2, 0.25) is 0 Å². The molecule has 12 heteroatoms. The van der Waals surface area contributed by atoms with Gasteiger partial charge in [0.05, 0.1) is 27.0 Å². The molecule has 4 aromatic rings. The minimum atomic E-state index is -3.97. The van der Waals surface area contributed by atoms with Crippen molar-refractivity contribution in [2.75, 3.05) is 10.5 Å². The van der Waals surface area contributed by atoms with Crippen molar-refractivity contribution in [1.29, 1.82) is 0 Å². The van der Waals surface area contributed by atoms with Crippen LogP contribution in [-0.4, -0.2) is 27.9 Å². The van der Waals surface area contributed by atoms with Crippen molar-refractivity contribution in [3.8, 4) is 21.8 Å². The summed E-state index contributed by atoms with van der Waals surface area (Å²) < 4.78 is 45.1. The third-order valence-corrected chi connectivity index (χ3v) is 7.64. The molecule has 0 saturated carbocycles. The fraction of sp³-hybridized carbons (Fsp3) is 0.227. The minimum Gasteiger partial charge on any atom is -0.368 e. The number of halogens is 2. The average molecular weight is 523 g/mol. The number of anilines is 2. The first kappa shape index (κ1) is 25.6. The van der Waals surface area contributed by atoms with E-state index in [-0.39, 0.29) is 39.9 Å². The normalized spacial score (nSPS) is 11.8. The van der Waals surface area contributed by atoms with Gasteiger partial charge in [-0.05, 0) is 24.3 Å². The molecule has 0 spiro atoms. The Kier molecular flexibility index (Phi) is 7.02. The molecule has 8 nitrogen and oxygen atoms in total. The highest BCUT2D eigenvalue weighted by atomic mass is 35.5. The summed E-state index contributed by atoms with van der Waals surface area (Å²) in [6, 6.07) is 7.64. The topological polar surface area (TPSA) is 116 Å². The van der Waals surface area contributed by atoms with E-state index >= 15 is 4.39 Å². The number of aromatic nitrogens is 4. The van der Waals surface area contributed by atoms with E-state index in [1.807, 2.05) is 20.8 Å². The van der Waals surface area contributed by atoms with Crippen LogP contribution in [0.1, 0.15) is 25.8 Å². The number of thiazole rings is 1. The summed E-state index contributed by atoms with van der Waals surface area (Å²) in [5.41, 5.74) is 6.33. The lowest BCUT2D eigenvalue weighted by Crippen LogP contribution is -2.14. The number of sulfonamides is 1. The predicted molar refractivity (Wildman–Crippen MR) is 135 cm³/mol. The number of rotatable bonds is 5. The van der Waals surface area contributed by atoms with Crippen LogP contribution in [-0.2, 0) is 22.5 Å². The van der Waals surface area contributed by atoms with E-state index in [9.17, 15) is 8.42 Å². The van der Waals surface area contributed by atoms with Crippen molar-refractivity contribution in [3.05, 3.63) is 59.7 Å². The molecule has 1 aromatic carbocycles. The summed E-state index contributed by atoms with van der Waals surface area (Å²) in [4.78, 5) is 13.6. The standard InChI is InChI=1S/C22H23FN6O2S2.ClH/c1-22(2,3)20-27-18(19(32-20)16-8-10-25-21(24)26-16)14-6-5-7-15(17(14)23)28-33(30,31)13-9-11-29(4)12-13;/h5-12,28H,1-4H3,(H2,24,25,26);1H. The SMILES string of the molecule is Cl.Cn1ccc(S(=O)(=O)Nc2cccc(-c3nc(C(C)(C)C)sc3-c3ccnc(N)n3)c2F)c1. The van der Waals surface area contributed by atoms with Crippen molar-refractivity contribution >= 4 is 45.4 Å². The molecule has 0 aliphatic heterocycles. The Bertz CT molecular complexity index is 1440. The van der Waals surface area contributed by atoms with Crippen LogP contribution in [0.25, 0.3) is 21.8 Å². The molecule has 0 radical (unpaired) electrons. The number of nitrogens with two attached hydrogens (primary N) is 1. The molecule has 0 aliphatic rings. The number of nitrogens with zero attached hydrogens (tertiary/aromatic N) is 4. The quantitative estimate of drug-likeness (QED) is 0.387. The van der Waals surface area contributed by atoms with Gasteiger partial charge in [0.2, 0.25) is 5.95 Å². The summed E-state index contributed by atoms with van der Waals surface area (Å²) in [6.45, 7) is 6.03. The van der Waals surface area contributed by atoms with Gasteiger partial charge in [0, 0.05) is 36.6 Å². The molecule has 0 amide bonds. The highest BCUT2D eigenvalue weighted by Gasteiger charge is 2.26. The highest BCUT2D eigenvalue weighted by molar-refractivity contribution is 7.92. The van der Waals surface area contributed by atoms with Gasteiger partial charge in [0.1, 0.15) is 4.90 Å². The zero-order valence-electron chi connectivity index (χ0n) is 18.9. The van der Waals surface area contributed by atoms with E-state index in [2.05, 4.69) is 14.7 Å². The number of hydrogen-bond acceptors (Lipinski definition) is 7. The fourth-order valence-electron chi connectivity index (χ4n) is 3.13. The third kappa shape index (κ3) is 5.06. The molecule has 0 fully saturated rings. The smallest absolute Gasteiger partial charge is 0.263 e. The first-order chi connectivity index (χ1) is 15.5. The second kappa shape index (κ2) is 9.32. The van der Waals surface area contributed by atoms with E-state index < -0.39 is 15.8 Å². The predicted octanol–water partition coefficient (Wildman–Crippen LogP) is 4.85. The van der Waals surface area contributed by atoms with Crippen LogP contribution in [0, 0.1) is 5.82 Å². The second-order valence-corrected chi connectivity index (χ2v) is 11.2. The molecule has 3 N–H and O–H groups in total. The Balaban J connectivity index is 0.00000324. The van der Waals surface area contributed by atoms with Crippen LogP contribution < -0.4 is 10.5 Å². The summed E-state index contributed by atoms with van der Waals surface area (Å²) in [5.74, 6) is -0.639. The summed E-state index contributed by atoms with van der Waals surface area (Å²) in [5, 5.41) is 0.777. The van der Waals surface area contributed by atoms with Crippen molar-refractivity contribution in [1.82, 2.24) is 19.5 Å². The Morgan fingerprint density at radius 1 is 1.15 bits per heavy atom. The summed E-state index contributed by atoms with van der Waals surface area (Å²) in [6.07, 6.45) is 4.57. The van der Waals surface area contributed by atoms with Crippen LogP contribution in [0.4, 0.5) is 16.0 Å². The van der Waals surface area contributed by atoms with E-state index in [4.69, 9.17) is 10.7 Å². The second-order valence-electron chi connectivity index (χ2n) is 8.53. The van der Waals surface area contributed by atoms with Gasteiger partial charge < -0.3 is 10.3 Å². The molecule has 4 rings (SSSR count). The molecule has 3 aromatic heterocycles. The summed E-state index contributed by atoms with van der Waals surface area (Å²) in [7, 11) is -2.26. The number of aryl methyl sites for hydroxylation is 1. The summed E-state index contributed by atoms with van der Waals surface area (Å²) >= 11 is 1.39. The lowest BCUT2D eigenvalue weighted by atomic mass is 9.98. The number of nitrogens with one attached hydrogen (secondary N) is 1. The van der Waals surface area contributed by atoms with Gasteiger partial charge in [0.25, 0.3) is 10.0 Å². The van der Waals surface area contributed by atoms with Gasteiger partial charge in [-0.3, -0.25) is 4.72 Å². The third-order valence-electron chi connectivity index (χ3n) is 4.79. The Morgan fingerprint density at radius 3 is 2.50 bits per heavy atom. The van der Waals surface area contributed by atoms with Gasteiger partial charge in [-0.25, -0.2) is 27.8 Å². The van der Waals surface area contributed by atoms with Crippen LogP contribution in [0.3, 0.4) is 0 Å². The Hall–Kier alpha value is -3.02. The Labute approximate surface area is 207 Å². The molecule has 0 saturated heterocycles. The molecular weight excluding hydrogens is 499 g/mol. The molecule has 3 heterocycles. The van der Waals surface area contributed by atoms with Crippen molar-refractivity contribution in [3.63, 3.8) is 0 Å². The number of nitrogen functional groups attached to an aromatic ring is 1. The Morgan fingerprint density at radius 2 is 1.88 bits per heavy atom. The van der Waals surface area contributed by atoms with Crippen molar-refractivity contribution in [2.45, 2.75) is 31.1 Å². The van der Waals surface area contributed by atoms with Gasteiger partial charge in [-0.1, -0.05) is 26.8 Å². The lowest BCUT2D eigenvalue weighted by molar-refractivity contribution is 0.585. The zero-order chi connectivity index (χ0) is 24.0. The molecule has 180 valence electrons. The minimum absolute atomic E-state index is 0. The van der Waals surface area contributed by atoms with Crippen LogP contribution >= 0.6 is 23.7 Å². The maximum Gasteiger partial charge on any atom is 0.263 e. The molecule has 0 unspecified atom stereocenters. The maximum absolute atomic E-state index is 15.7. The maximum atomic E-state index is 15.7. The molecule has 0 bridgehead atoms. The van der Waals surface area contributed by atoms with Gasteiger partial charge >= 0.3 is 0 Å². The highest BCUT2D eigenvalue weighted by Crippen LogP contribution is 2.41. The first-order valence-corrected chi connectivity index (χ1v) is 12.3.